The highest BCUT2D eigenvalue weighted by molar-refractivity contribution is 5.36. The Kier molecular flexibility index (Phi) is 1.77. The average Bonchev–Trinajstić information content (AvgIpc) is 2.30. The van der Waals surface area contributed by atoms with Crippen LogP contribution >= 0.6 is 0 Å². The molecule has 3 N–H and O–H groups in total. The van der Waals surface area contributed by atoms with Gasteiger partial charge in [0.25, 0.3) is 0 Å². The normalized spacial score (nSPS) is 9.50. The molecule has 0 saturated carbocycles. The van der Waals surface area contributed by atoms with E-state index < -0.39 is 0 Å². The highest BCUT2D eigenvalue weighted by Crippen LogP contribution is 2.13. The van der Waals surface area contributed by atoms with Crippen LogP contribution in [0.4, 0.5) is 5.82 Å². The molecule has 1 aromatic rings. The van der Waals surface area contributed by atoms with Crippen molar-refractivity contribution in [2.24, 2.45) is 12.9 Å². The number of nitrogen functional groups attached to an aromatic ring is 1. The Morgan fingerprint density at radius 3 is 2.80 bits per heavy atom. The zero-order chi connectivity index (χ0) is 7.56. The van der Waals surface area contributed by atoms with Crippen LogP contribution in [-0.2, 0) is 7.05 Å². The molecule has 0 fully saturated rings. The lowest BCUT2D eigenvalue weighted by molar-refractivity contribution is 0.373. The van der Waals surface area contributed by atoms with Crippen molar-refractivity contribution in [1.29, 1.82) is 0 Å². The van der Waals surface area contributed by atoms with Gasteiger partial charge in [0.05, 0.1) is 7.11 Å². The van der Waals surface area contributed by atoms with Crippen molar-refractivity contribution in [3.8, 4) is 5.88 Å². The summed E-state index contributed by atoms with van der Waals surface area (Å²) in [6.45, 7) is 0. The molecule has 0 bridgehead atoms. The molecule has 0 amide bonds. The van der Waals surface area contributed by atoms with Crippen LogP contribution in [0.2, 0.25) is 0 Å². The summed E-state index contributed by atoms with van der Waals surface area (Å²) in [5.74, 6) is 6.38. The van der Waals surface area contributed by atoms with E-state index in [0.717, 1.165) is 0 Å². The van der Waals surface area contributed by atoms with Crippen LogP contribution in [0.25, 0.3) is 0 Å². The number of hydrogen-bond donors (Lipinski definition) is 2. The first-order chi connectivity index (χ1) is 4.77. The molecule has 0 unspecified atom stereocenters. The summed E-state index contributed by atoms with van der Waals surface area (Å²) in [7, 11) is 3.36. The molecule has 0 saturated heterocycles. The fourth-order valence-electron chi connectivity index (χ4n) is 0.712. The standard InChI is InChI=1S/C5H10N4O/c1-9-5(10-2)3-4(7-6)8-9/h3H,6H2,1-2H3,(H,7,8). The minimum absolute atomic E-state index is 0.597. The van der Waals surface area contributed by atoms with Gasteiger partial charge in [-0.3, -0.25) is 0 Å². The predicted octanol–water partition coefficient (Wildman–Crippen LogP) is -0.286. The van der Waals surface area contributed by atoms with Gasteiger partial charge in [0, 0.05) is 13.1 Å². The Bertz CT molecular complexity index is 219. The van der Waals surface area contributed by atoms with Crippen LogP contribution in [-0.4, -0.2) is 16.9 Å². The van der Waals surface area contributed by atoms with Gasteiger partial charge in [-0.25, -0.2) is 10.5 Å². The minimum atomic E-state index is 0.597. The smallest absolute Gasteiger partial charge is 0.213 e. The molecule has 0 aliphatic heterocycles. The first kappa shape index (κ1) is 6.88. The molecule has 5 heteroatoms. The maximum atomic E-state index is 5.11. The van der Waals surface area contributed by atoms with Crippen LogP contribution in [0, 0.1) is 0 Å². The molecular weight excluding hydrogens is 132 g/mol. The van der Waals surface area contributed by atoms with Gasteiger partial charge in [-0.2, -0.15) is 5.10 Å². The van der Waals surface area contributed by atoms with Crippen LogP contribution in [0.1, 0.15) is 0 Å². The van der Waals surface area contributed by atoms with Crippen molar-refractivity contribution in [3.63, 3.8) is 0 Å². The van der Waals surface area contributed by atoms with E-state index in [0.29, 0.717) is 11.7 Å². The molecule has 0 radical (unpaired) electrons. The molecule has 0 aromatic carbocycles. The Hall–Kier alpha value is -1.23. The van der Waals surface area contributed by atoms with Gasteiger partial charge in [0.1, 0.15) is 0 Å². The Morgan fingerprint density at radius 1 is 1.80 bits per heavy atom. The van der Waals surface area contributed by atoms with Gasteiger partial charge < -0.3 is 10.2 Å². The molecule has 10 heavy (non-hydrogen) atoms. The molecule has 0 aliphatic rings. The number of aryl methyl sites for hydroxylation is 1. The SMILES string of the molecule is COc1cc(NN)nn1C. The summed E-state index contributed by atoms with van der Waals surface area (Å²) in [5.41, 5.74) is 2.41. The highest BCUT2D eigenvalue weighted by atomic mass is 16.5. The van der Waals surface area contributed by atoms with Gasteiger partial charge in [0.15, 0.2) is 5.82 Å². The third kappa shape index (κ3) is 1.03. The number of ether oxygens (including phenoxy) is 1. The zero-order valence-electron chi connectivity index (χ0n) is 5.96. The van der Waals surface area contributed by atoms with Crippen LogP contribution in [0.3, 0.4) is 0 Å². The molecule has 5 nitrogen and oxygen atoms in total. The Labute approximate surface area is 58.7 Å². The van der Waals surface area contributed by atoms with Crippen LogP contribution in [0.15, 0.2) is 6.07 Å². The fraction of sp³-hybridized carbons (Fsp3) is 0.400. The van der Waals surface area contributed by atoms with Crippen molar-refractivity contribution in [3.05, 3.63) is 6.07 Å². The lowest BCUT2D eigenvalue weighted by Gasteiger charge is -1.95. The summed E-state index contributed by atoms with van der Waals surface area (Å²) in [5, 5.41) is 3.96. The molecular formula is C5H10N4O. The topological polar surface area (TPSA) is 65.1 Å². The van der Waals surface area contributed by atoms with Crippen LogP contribution < -0.4 is 16.0 Å². The number of nitrogens with one attached hydrogen (secondary N) is 1. The maximum absolute atomic E-state index is 5.11. The number of hydrogen-bond acceptors (Lipinski definition) is 4. The largest absolute Gasteiger partial charge is 0.481 e. The zero-order valence-corrected chi connectivity index (χ0v) is 5.96. The Morgan fingerprint density at radius 2 is 2.50 bits per heavy atom. The monoisotopic (exact) mass is 142 g/mol. The number of hydrazine groups is 1. The molecule has 0 atom stereocenters. The summed E-state index contributed by atoms with van der Waals surface area (Å²) < 4.78 is 6.52. The predicted molar refractivity (Wildman–Crippen MR) is 37.6 cm³/mol. The maximum Gasteiger partial charge on any atom is 0.213 e. The van der Waals surface area contributed by atoms with Gasteiger partial charge in [-0.05, 0) is 0 Å². The number of nitrogens with two attached hydrogens (primary N) is 1. The third-order valence-corrected chi connectivity index (χ3v) is 1.19. The van der Waals surface area contributed by atoms with Crippen molar-refractivity contribution in [1.82, 2.24) is 9.78 Å². The second-order valence-corrected chi connectivity index (χ2v) is 1.84. The van der Waals surface area contributed by atoms with E-state index in [1.54, 1.807) is 24.9 Å². The van der Waals surface area contributed by atoms with E-state index in [1.807, 2.05) is 0 Å². The summed E-state index contributed by atoms with van der Waals surface area (Å²) in [6.07, 6.45) is 0. The van der Waals surface area contributed by atoms with E-state index in [1.165, 1.54) is 0 Å². The second-order valence-electron chi connectivity index (χ2n) is 1.84. The molecule has 1 aromatic heterocycles. The van der Waals surface area contributed by atoms with E-state index in [4.69, 9.17) is 10.6 Å². The quantitative estimate of drug-likeness (QED) is 0.440. The van der Waals surface area contributed by atoms with Gasteiger partial charge in [0.2, 0.25) is 5.88 Å². The lowest BCUT2D eigenvalue weighted by Crippen LogP contribution is -2.07. The third-order valence-electron chi connectivity index (χ3n) is 1.19. The molecule has 1 heterocycles. The average molecular weight is 142 g/mol. The van der Waals surface area contributed by atoms with E-state index in [9.17, 15) is 0 Å². The molecule has 1 rings (SSSR count). The summed E-state index contributed by atoms with van der Waals surface area (Å²) in [6, 6.07) is 1.71. The Balaban J connectivity index is 2.92. The van der Waals surface area contributed by atoms with Gasteiger partial charge in [-0.1, -0.05) is 0 Å². The fourth-order valence-corrected chi connectivity index (χ4v) is 0.712. The summed E-state index contributed by atoms with van der Waals surface area (Å²) in [4.78, 5) is 0. The van der Waals surface area contributed by atoms with Crippen molar-refractivity contribution in [2.75, 3.05) is 12.5 Å². The molecule has 56 valence electrons. The number of aromatic nitrogens is 2. The number of nitrogens with zero attached hydrogens (tertiary/aromatic N) is 2. The first-order valence-electron chi connectivity index (χ1n) is 2.82. The van der Waals surface area contributed by atoms with Crippen LogP contribution in [0.5, 0.6) is 5.88 Å². The van der Waals surface area contributed by atoms with Crippen molar-refractivity contribution < 1.29 is 4.74 Å². The summed E-state index contributed by atoms with van der Waals surface area (Å²) >= 11 is 0. The number of anilines is 1. The molecule has 0 spiro atoms. The lowest BCUT2D eigenvalue weighted by atomic mass is 10.6. The second kappa shape index (κ2) is 2.57. The minimum Gasteiger partial charge on any atom is -0.481 e. The van der Waals surface area contributed by atoms with E-state index in [2.05, 4.69) is 10.5 Å². The van der Waals surface area contributed by atoms with Crippen molar-refractivity contribution >= 4 is 5.82 Å². The number of methoxy groups -OCH3 is 1. The van der Waals surface area contributed by atoms with E-state index in [-0.39, 0.29) is 0 Å². The first-order valence-corrected chi connectivity index (χ1v) is 2.82. The van der Waals surface area contributed by atoms with Gasteiger partial charge in [-0.15, -0.1) is 0 Å². The van der Waals surface area contributed by atoms with E-state index >= 15 is 0 Å². The number of rotatable bonds is 2. The molecule has 0 aliphatic carbocycles. The van der Waals surface area contributed by atoms with Gasteiger partial charge >= 0.3 is 0 Å². The highest BCUT2D eigenvalue weighted by Gasteiger charge is 2.01. The van der Waals surface area contributed by atoms with Crippen molar-refractivity contribution in [2.45, 2.75) is 0 Å².